The van der Waals surface area contributed by atoms with Crippen molar-refractivity contribution >= 4 is 12.3 Å². The molecule has 5 heteroatoms. The highest BCUT2D eigenvalue weighted by atomic mass is 16.4. The first-order valence-corrected chi connectivity index (χ1v) is 2.89. The summed E-state index contributed by atoms with van der Waals surface area (Å²) in [5.74, 6) is -1.21. The number of hydrogen-bond donors (Lipinski definition) is 0. The zero-order valence-corrected chi connectivity index (χ0v) is 5.56. The molecule has 11 heavy (non-hydrogen) atoms. The van der Waals surface area contributed by atoms with Crippen molar-refractivity contribution in [3.8, 4) is 0 Å². The van der Waals surface area contributed by atoms with Crippen molar-refractivity contribution in [1.82, 2.24) is 9.55 Å². The van der Waals surface area contributed by atoms with Crippen LogP contribution < -0.4 is 5.11 Å². The Kier molecular flexibility index (Phi) is 2.00. The molecular formula is C6H5N2O3-. The molecule has 0 aliphatic rings. The SMILES string of the molecule is O=Cc1cn(CC(=O)[O-])cn1. The van der Waals surface area contributed by atoms with E-state index in [0.29, 0.717) is 6.29 Å². The molecule has 0 aliphatic heterocycles. The third-order valence-electron chi connectivity index (χ3n) is 1.09. The lowest BCUT2D eigenvalue weighted by molar-refractivity contribution is -0.306. The number of nitrogens with zero attached hydrogens (tertiary/aromatic N) is 2. The molecule has 1 rings (SSSR count). The molecule has 1 aromatic heterocycles. The predicted molar refractivity (Wildman–Crippen MR) is 32.6 cm³/mol. The number of aldehydes is 1. The van der Waals surface area contributed by atoms with Gasteiger partial charge in [0.15, 0.2) is 6.29 Å². The van der Waals surface area contributed by atoms with Crippen molar-refractivity contribution in [3.05, 3.63) is 18.2 Å². The van der Waals surface area contributed by atoms with Gasteiger partial charge in [-0.2, -0.15) is 0 Å². The first-order chi connectivity index (χ1) is 5.22. The maximum Gasteiger partial charge on any atom is 0.169 e. The number of carboxylic acid groups (broad SMARTS) is 1. The molecule has 58 valence electrons. The van der Waals surface area contributed by atoms with Crippen LogP contribution in [0.25, 0.3) is 0 Å². The van der Waals surface area contributed by atoms with Crippen LogP contribution in [0.2, 0.25) is 0 Å². The largest absolute Gasteiger partial charge is 0.548 e. The second-order valence-corrected chi connectivity index (χ2v) is 1.96. The van der Waals surface area contributed by atoms with Crippen LogP contribution in [-0.4, -0.2) is 21.8 Å². The van der Waals surface area contributed by atoms with Gasteiger partial charge in [0.2, 0.25) is 0 Å². The van der Waals surface area contributed by atoms with Crippen molar-refractivity contribution in [2.75, 3.05) is 0 Å². The van der Waals surface area contributed by atoms with Gasteiger partial charge in [-0.05, 0) is 0 Å². The zero-order valence-electron chi connectivity index (χ0n) is 5.56. The van der Waals surface area contributed by atoms with E-state index in [2.05, 4.69) is 4.98 Å². The first kappa shape index (κ1) is 7.46. The van der Waals surface area contributed by atoms with Gasteiger partial charge in [-0.1, -0.05) is 0 Å². The van der Waals surface area contributed by atoms with Crippen LogP contribution in [0.5, 0.6) is 0 Å². The van der Waals surface area contributed by atoms with Gasteiger partial charge in [-0.3, -0.25) is 4.79 Å². The average Bonchev–Trinajstić information content (AvgIpc) is 2.34. The van der Waals surface area contributed by atoms with Gasteiger partial charge in [-0.25, -0.2) is 4.98 Å². The third kappa shape index (κ3) is 1.89. The molecule has 1 aromatic rings. The van der Waals surface area contributed by atoms with Gasteiger partial charge in [0, 0.05) is 6.20 Å². The maximum absolute atomic E-state index is 10.1. The third-order valence-corrected chi connectivity index (χ3v) is 1.09. The number of imidazole rings is 1. The first-order valence-electron chi connectivity index (χ1n) is 2.89. The number of aliphatic carboxylic acids is 1. The summed E-state index contributed by atoms with van der Waals surface area (Å²) in [4.78, 5) is 23.7. The second kappa shape index (κ2) is 2.96. The number of carboxylic acids is 1. The van der Waals surface area contributed by atoms with E-state index >= 15 is 0 Å². The Balaban J connectivity index is 2.72. The highest BCUT2D eigenvalue weighted by Crippen LogP contribution is 1.90. The Morgan fingerprint density at radius 2 is 2.55 bits per heavy atom. The molecule has 0 N–H and O–H groups in total. The Hall–Kier alpha value is -1.65. The molecule has 0 aliphatic carbocycles. The fourth-order valence-electron chi connectivity index (χ4n) is 0.674. The fraction of sp³-hybridized carbons (Fsp3) is 0.167. The van der Waals surface area contributed by atoms with Gasteiger partial charge in [0.25, 0.3) is 0 Å². The van der Waals surface area contributed by atoms with E-state index in [1.54, 1.807) is 0 Å². The zero-order chi connectivity index (χ0) is 8.27. The monoisotopic (exact) mass is 153 g/mol. The minimum absolute atomic E-state index is 0.214. The van der Waals surface area contributed by atoms with E-state index in [9.17, 15) is 14.7 Å². The Bertz CT molecular complexity index is 279. The summed E-state index contributed by atoms with van der Waals surface area (Å²) < 4.78 is 1.26. The smallest absolute Gasteiger partial charge is 0.169 e. The predicted octanol–water partition coefficient (Wildman–Crippen LogP) is -1.55. The van der Waals surface area contributed by atoms with Crippen molar-refractivity contribution in [2.24, 2.45) is 0 Å². The highest BCUT2D eigenvalue weighted by Gasteiger charge is 1.95. The van der Waals surface area contributed by atoms with Gasteiger partial charge in [-0.15, -0.1) is 0 Å². The number of rotatable bonds is 3. The summed E-state index contributed by atoms with van der Waals surface area (Å²) in [7, 11) is 0. The summed E-state index contributed by atoms with van der Waals surface area (Å²) in [5.41, 5.74) is 0.214. The molecule has 0 fully saturated rings. The maximum atomic E-state index is 10.1. The summed E-state index contributed by atoms with van der Waals surface area (Å²) in [6.07, 6.45) is 3.15. The van der Waals surface area contributed by atoms with Crippen LogP contribution in [-0.2, 0) is 11.3 Å². The minimum Gasteiger partial charge on any atom is -0.548 e. The second-order valence-electron chi connectivity index (χ2n) is 1.96. The van der Waals surface area contributed by atoms with Crippen molar-refractivity contribution in [2.45, 2.75) is 6.54 Å². The summed E-state index contributed by atoms with van der Waals surface area (Å²) >= 11 is 0. The number of carbonyl (C=O) groups excluding carboxylic acids is 2. The van der Waals surface area contributed by atoms with Crippen LogP contribution in [0.15, 0.2) is 12.5 Å². The highest BCUT2D eigenvalue weighted by molar-refractivity contribution is 5.71. The molecular weight excluding hydrogens is 148 g/mol. The molecule has 0 unspecified atom stereocenters. The average molecular weight is 153 g/mol. The molecule has 0 bridgehead atoms. The van der Waals surface area contributed by atoms with Crippen molar-refractivity contribution in [3.63, 3.8) is 0 Å². The lowest BCUT2D eigenvalue weighted by Gasteiger charge is -2.00. The van der Waals surface area contributed by atoms with E-state index in [1.807, 2.05) is 0 Å². The fourth-order valence-corrected chi connectivity index (χ4v) is 0.674. The molecule has 0 saturated carbocycles. The topological polar surface area (TPSA) is 75.0 Å². The lowest BCUT2D eigenvalue weighted by Crippen LogP contribution is -2.26. The van der Waals surface area contributed by atoms with Crippen LogP contribution in [0.3, 0.4) is 0 Å². The number of aromatic nitrogens is 2. The van der Waals surface area contributed by atoms with E-state index in [1.165, 1.54) is 17.1 Å². The number of hydrogen-bond acceptors (Lipinski definition) is 4. The Morgan fingerprint density at radius 3 is 3.00 bits per heavy atom. The molecule has 0 spiro atoms. The van der Waals surface area contributed by atoms with E-state index in [0.717, 1.165) is 0 Å². The van der Waals surface area contributed by atoms with Gasteiger partial charge >= 0.3 is 0 Å². The molecule has 0 amide bonds. The molecule has 1 heterocycles. The Labute approximate surface area is 62.3 Å². The lowest BCUT2D eigenvalue weighted by atomic mass is 10.5. The molecule has 0 saturated heterocycles. The normalized spacial score (nSPS) is 9.45. The van der Waals surface area contributed by atoms with Crippen LogP contribution in [0.1, 0.15) is 10.5 Å². The summed E-state index contributed by atoms with van der Waals surface area (Å²) in [6.45, 7) is -0.277. The van der Waals surface area contributed by atoms with Crippen LogP contribution in [0, 0.1) is 0 Å². The van der Waals surface area contributed by atoms with Gasteiger partial charge < -0.3 is 14.5 Å². The quantitative estimate of drug-likeness (QED) is 0.492. The number of carbonyl (C=O) groups is 2. The minimum atomic E-state index is -1.21. The van der Waals surface area contributed by atoms with Gasteiger partial charge in [0.05, 0.1) is 18.8 Å². The van der Waals surface area contributed by atoms with E-state index in [-0.39, 0.29) is 12.2 Å². The summed E-state index contributed by atoms with van der Waals surface area (Å²) in [6, 6.07) is 0. The van der Waals surface area contributed by atoms with E-state index < -0.39 is 5.97 Å². The molecule has 0 radical (unpaired) electrons. The van der Waals surface area contributed by atoms with Crippen LogP contribution in [0.4, 0.5) is 0 Å². The summed E-state index contributed by atoms with van der Waals surface area (Å²) in [5, 5.41) is 10.0. The Morgan fingerprint density at radius 1 is 1.82 bits per heavy atom. The standard InChI is InChI=1S/C6H6N2O3/c9-3-5-1-8(4-7-5)2-6(10)11/h1,3-4H,2H2,(H,10,11)/p-1. The molecule has 0 atom stereocenters. The van der Waals surface area contributed by atoms with Gasteiger partial charge in [0.1, 0.15) is 5.69 Å². The van der Waals surface area contributed by atoms with Crippen LogP contribution >= 0.6 is 0 Å². The molecule has 5 nitrogen and oxygen atoms in total. The van der Waals surface area contributed by atoms with Crippen molar-refractivity contribution < 1.29 is 14.7 Å². The van der Waals surface area contributed by atoms with E-state index in [4.69, 9.17) is 0 Å². The molecule has 0 aromatic carbocycles. The van der Waals surface area contributed by atoms with Crippen molar-refractivity contribution in [1.29, 1.82) is 0 Å².